The largest absolute Gasteiger partial charge is 0.367 e. The van der Waals surface area contributed by atoms with Crippen LogP contribution in [0.3, 0.4) is 0 Å². The summed E-state index contributed by atoms with van der Waals surface area (Å²) >= 11 is 0. The highest BCUT2D eigenvalue weighted by Gasteiger charge is 2.12. The van der Waals surface area contributed by atoms with E-state index in [0.717, 1.165) is 13.1 Å². The molecule has 84 valence electrons. The average Bonchev–Trinajstić information content (AvgIpc) is 2.38. The summed E-state index contributed by atoms with van der Waals surface area (Å²) in [6, 6.07) is 6.20. The van der Waals surface area contributed by atoms with Crippen molar-refractivity contribution in [3.05, 3.63) is 23.9 Å². The molecule has 0 aromatic carbocycles. The predicted molar refractivity (Wildman–Crippen MR) is 63.1 cm³/mol. The fourth-order valence-corrected chi connectivity index (χ4v) is 1.95. The number of hydrogen-bond donors (Lipinski definition) is 2. The third-order valence-electron chi connectivity index (χ3n) is 2.86. The standard InChI is InChI=1S/C12H16N4/c13-8-10-4-3-7-15-12(10)16-9-11-5-1-2-6-14-11/h3-4,7,11,14H,1-2,5-6,9H2,(H,15,16)/t11-/m0/s1. The molecule has 1 aliphatic rings. The molecule has 16 heavy (non-hydrogen) atoms. The quantitative estimate of drug-likeness (QED) is 0.804. The number of anilines is 1. The number of nitrogens with zero attached hydrogens (tertiary/aromatic N) is 2. The Hall–Kier alpha value is -1.60. The van der Waals surface area contributed by atoms with Crippen molar-refractivity contribution < 1.29 is 0 Å². The number of hydrogen-bond acceptors (Lipinski definition) is 4. The van der Waals surface area contributed by atoms with E-state index in [1.54, 1.807) is 18.3 Å². The third kappa shape index (κ3) is 2.71. The van der Waals surface area contributed by atoms with E-state index in [-0.39, 0.29) is 0 Å². The first-order valence-corrected chi connectivity index (χ1v) is 5.72. The van der Waals surface area contributed by atoms with Gasteiger partial charge in [-0.3, -0.25) is 0 Å². The monoisotopic (exact) mass is 216 g/mol. The molecule has 0 aliphatic carbocycles. The van der Waals surface area contributed by atoms with Gasteiger partial charge in [0.15, 0.2) is 0 Å². The van der Waals surface area contributed by atoms with Crippen LogP contribution in [-0.4, -0.2) is 24.1 Å². The van der Waals surface area contributed by atoms with Crippen molar-refractivity contribution in [1.82, 2.24) is 10.3 Å². The molecule has 4 nitrogen and oxygen atoms in total. The highest BCUT2D eigenvalue weighted by Crippen LogP contribution is 2.11. The van der Waals surface area contributed by atoms with E-state index in [4.69, 9.17) is 5.26 Å². The van der Waals surface area contributed by atoms with Crippen molar-refractivity contribution in [2.24, 2.45) is 0 Å². The molecule has 2 heterocycles. The molecule has 0 unspecified atom stereocenters. The lowest BCUT2D eigenvalue weighted by atomic mass is 10.1. The second-order valence-corrected chi connectivity index (χ2v) is 4.04. The van der Waals surface area contributed by atoms with E-state index in [1.807, 2.05) is 0 Å². The number of nitriles is 1. The van der Waals surface area contributed by atoms with E-state index in [2.05, 4.69) is 21.7 Å². The summed E-state index contributed by atoms with van der Waals surface area (Å²) in [4.78, 5) is 4.17. The third-order valence-corrected chi connectivity index (χ3v) is 2.86. The van der Waals surface area contributed by atoms with E-state index < -0.39 is 0 Å². The van der Waals surface area contributed by atoms with Gasteiger partial charge in [0.05, 0.1) is 5.56 Å². The van der Waals surface area contributed by atoms with Crippen LogP contribution in [0.25, 0.3) is 0 Å². The summed E-state index contributed by atoms with van der Waals surface area (Å²) in [6.45, 7) is 1.94. The summed E-state index contributed by atoms with van der Waals surface area (Å²) in [5.74, 6) is 0.692. The molecule has 1 aliphatic heterocycles. The summed E-state index contributed by atoms with van der Waals surface area (Å²) in [5.41, 5.74) is 0.610. The molecule has 0 radical (unpaired) electrons. The zero-order valence-electron chi connectivity index (χ0n) is 9.24. The molecular formula is C12H16N4. The molecule has 0 spiro atoms. The van der Waals surface area contributed by atoms with Crippen LogP contribution in [0.5, 0.6) is 0 Å². The van der Waals surface area contributed by atoms with Gasteiger partial charge >= 0.3 is 0 Å². The molecule has 0 saturated carbocycles. The maximum absolute atomic E-state index is 8.91. The number of piperidine rings is 1. The lowest BCUT2D eigenvalue weighted by Crippen LogP contribution is -2.39. The lowest BCUT2D eigenvalue weighted by Gasteiger charge is -2.23. The Morgan fingerprint density at radius 2 is 2.50 bits per heavy atom. The predicted octanol–water partition coefficient (Wildman–Crippen LogP) is 1.51. The van der Waals surface area contributed by atoms with Gasteiger partial charge in [-0.2, -0.15) is 5.26 Å². The fraction of sp³-hybridized carbons (Fsp3) is 0.500. The molecule has 1 aromatic heterocycles. The molecule has 2 N–H and O–H groups in total. The van der Waals surface area contributed by atoms with Crippen LogP contribution < -0.4 is 10.6 Å². The number of rotatable bonds is 3. The molecule has 1 aromatic rings. The normalized spacial score (nSPS) is 20.1. The first-order valence-electron chi connectivity index (χ1n) is 5.72. The Bertz CT molecular complexity index is 377. The second-order valence-electron chi connectivity index (χ2n) is 4.04. The lowest BCUT2D eigenvalue weighted by molar-refractivity contribution is 0.414. The first-order chi connectivity index (χ1) is 7.90. The van der Waals surface area contributed by atoms with Crippen molar-refractivity contribution in [2.45, 2.75) is 25.3 Å². The minimum absolute atomic E-state index is 0.502. The Morgan fingerprint density at radius 3 is 3.25 bits per heavy atom. The Kier molecular flexibility index (Phi) is 3.73. The molecule has 0 amide bonds. The summed E-state index contributed by atoms with van der Waals surface area (Å²) in [7, 11) is 0. The molecule has 0 bridgehead atoms. The van der Waals surface area contributed by atoms with Crippen molar-refractivity contribution in [3.8, 4) is 6.07 Å². The molecule has 4 heteroatoms. The zero-order chi connectivity index (χ0) is 11.2. The van der Waals surface area contributed by atoms with Gasteiger partial charge in [0, 0.05) is 18.8 Å². The van der Waals surface area contributed by atoms with Crippen LogP contribution in [0.2, 0.25) is 0 Å². The van der Waals surface area contributed by atoms with Crippen LogP contribution >= 0.6 is 0 Å². The smallest absolute Gasteiger partial charge is 0.143 e. The van der Waals surface area contributed by atoms with Crippen molar-refractivity contribution in [1.29, 1.82) is 5.26 Å². The van der Waals surface area contributed by atoms with Crippen LogP contribution in [0, 0.1) is 11.3 Å². The van der Waals surface area contributed by atoms with Gasteiger partial charge in [-0.05, 0) is 31.5 Å². The minimum Gasteiger partial charge on any atom is -0.367 e. The van der Waals surface area contributed by atoms with E-state index in [1.165, 1.54) is 19.3 Å². The van der Waals surface area contributed by atoms with Gasteiger partial charge in [0.25, 0.3) is 0 Å². The highest BCUT2D eigenvalue weighted by atomic mass is 15.0. The van der Waals surface area contributed by atoms with Crippen molar-refractivity contribution in [2.75, 3.05) is 18.4 Å². The van der Waals surface area contributed by atoms with Crippen LogP contribution in [0.15, 0.2) is 18.3 Å². The van der Waals surface area contributed by atoms with Crippen molar-refractivity contribution >= 4 is 5.82 Å². The van der Waals surface area contributed by atoms with E-state index in [0.29, 0.717) is 17.4 Å². The van der Waals surface area contributed by atoms with Gasteiger partial charge < -0.3 is 10.6 Å². The Balaban J connectivity index is 1.91. The molecule has 1 atom stereocenters. The summed E-state index contributed by atoms with van der Waals surface area (Å²) in [6.07, 6.45) is 5.45. The summed E-state index contributed by atoms with van der Waals surface area (Å²) in [5, 5.41) is 15.6. The van der Waals surface area contributed by atoms with Gasteiger partial charge in [-0.25, -0.2) is 4.98 Å². The highest BCUT2D eigenvalue weighted by molar-refractivity contribution is 5.51. The van der Waals surface area contributed by atoms with Gasteiger partial charge in [-0.1, -0.05) is 6.42 Å². The molecular weight excluding hydrogens is 200 g/mol. The maximum Gasteiger partial charge on any atom is 0.143 e. The Labute approximate surface area is 95.7 Å². The van der Waals surface area contributed by atoms with Crippen LogP contribution in [0.1, 0.15) is 24.8 Å². The Morgan fingerprint density at radius 1 is 1.56 bits per heavy atom. The average molecular weight is 216 g/mol. The number of aromatic nitrogens is 1. The molecule has 1 fully saturated rings. The zero-order valence-corrected chi connectivity index (χ0v) is 9.24. The van der Waals surface area contributed by atoms with Gasteiger partial charge in [-0.15, -0.1) is 0 Å². The topological polar surface area (TPSA) is 60.7 Å². The fourth-order valence-electron chi connectivity index (χ4n) is 1.95. The van der Waals surface area contributed by atoms with E-state index >= 15 is 0 Å². The first kappa shape index (κ1) is 10.9. The van der Waals surface area contributed by atoms with Crippen LogP contribution in [-0.2, 0) is 0 Å². The second kappa shape index (κ2) is 5.47. The van der Waals surface area contributed by atoms with Crippen molar-refractivity contribution in [3.63, 3.8) is 0 Å². The summed E-state index contributed by atoms with van der Waals surface area (Å²) < 4.78 is 0. The minimum atomic E-state index is 0.502. The number of nitrogens with one attached hydrogen (secondary N) is 2. The van der Waals surface area contributed by atoms with E-state index in [9.17, 15) is 0 Å². The molecule has 2 rings (SSSR count). The SMILES string of the molecule is N#Cc1cccnc1NC[C@@H]1CCCCN1. The molecule has 1 saturated heterocycles. The maximum atomic E-state index is 8.91. The van der Waals surface area contributed by atoms with Gasteiger partial charge in [0.2, 0.25) is 0 Å². The number of pyridine rings is 1. The van der Waals surface area contributed by atoms with Crippen LogP contribution in [0.4, 0.5) is 5.82 Å². The van der Waals surface area contributed by atoms with Gasteiger partial charge in [0.1, 0.15) is 11.9 Å².